The summed E-state index contributed by atoms with van der Waals surface area (Å²) in [5.41, 5.74) is 3.46. The van der Waals surface area contributed by atoms with Crippen LogP contribution in [0.1, 0.15) is 28.0 Å². The largest absolute Gasteiger partial charge is 0.493 e. The summed E-state index contributed by atoms with van der Waals surface area (Å²) in [6.07, 6.45) is -4.13. The highest BCUT2D eigenvalue weighted by Crippen LogP contribution is 2.42. The standard InChI is InChI=1S/C24H22F3NO4/c1-31-21-9-6-14(13-22(21)32-2)20-12-16-10-17(24(25,26)27)7-8-19(16)28(20)18-5-3-4-15(11-18)23(29)30/h3-6,9,11-13,17H,7-8,10H2,1-2H3,(H,29,30). The molecule has 4 rings (SSSR count). The molecule has 0 spiro atoms. The van der Waals surface area contributed by atoms with Crippen LogP contribution < -0.4 is 9.47 Å². The second-order valence-corrected chi connectivity index (χ2v) is 7.74. The molecular formula is C24H22F3NO4. The molecule has 1 heterocycles. The van der Waals surface area contributed by atoms with E-state index in [9.17, 15) is 23.1 Å². The first-order valence-corrected chi connectivity index (χ1v) is 10.1. The third-order valence-corrected chi connectivity index (χ3v) is 5.88. The number of rotatable bonds is 5. The zero-order chi connectivity index (χ0) is 23.0. The molecule has 2 aromatic carbocycles. The Balaban J connectivity index is 1.91. The van der Waals surface area contributed by atoms with E-state index in [-0.39, 0.29) is 24.8 Å². The minimum Gasteiger partial charge on any atom is -0.493 e. The third kappa shape index (κ3) is 3.92. The Morgan fingerprint density at radius 3 is 2.47 bits per heavy atom. The summed E-state index contributed by atoms with van der Waals surface area (Å²) in [5.74, 6) is -1.44. The topological polar surface area (TPSA) is 60.7 Å². The fourth-order valence-electron chi connectivity index (χ4n) is 4.29. The quantitative estimate of drug-likeness (QED) is 0.561. The van der Waals surface area contributed by atoms with Crippen molar-refractivity contribution in [1.29, 1.82) is 0 Å². The lowest BCUT2D eigenvalue weighted by Crippen LogP contribution is -2.29. The van der Waals surface area contributed by atoms with Crippen molar-refractivity contribution in [2.75, 3.05) is 14.2 Å². The normalized spacial score (nSPS) is 15.8. The van der Waals surface area contributed by atoms with E-state index < -0.39 is 18.1 Å². The number of ether oxygens (including phenoxy) is 2. The zero-order valence-electron chi connectivity index (χ0n) is 17.6. The van der Waals surface area contributed by atoms with E-state index in [0.29, 0.717) is 28.4 Å². The van der Waals surface area contributed by atoms with Gasteiger partial charge in [-0.25, -0.2) is 4.79 Å². The number of alkyl halides is 3. The first-order chi connectivity index (χ1) is 15.2. The third-order valence-electron chi connectivity index (χ3n) is 5.88. The molecule has 1 aromatic heterocycles. The monoisotopic (exact) mass is 445 g/mol. The number of nitrogens with zero attached hydrogens (tertiary/aromatic N) is 1. The Kier molecular flexibility index (Phi) is 5.62. The van der Waals surface area contributed by atoms with E-state index in [4.69, 9.17) is 9.47 Å². The minimum atomic E-state index is -4.26. The van der Waals surface area contributed by atoms with Gasteiger partial charge < -0.3 is 19.1 Å². The summed E-state index contributed by atoms with van der Waals surface area (Å²) in [4.78, 5) is 11.5. The lowest BCUT2D eigenvalue weighted by Gasteiger charge is -2.26. The van der Waals surface area contributed by atoms with E-state index in [1.807, 2.05) is 4.57 Å². The lowest BCUT2D eigenvalue weighted by atomic mass is 9.87. The summed E-state index contributed by atoms with van der Waals surface area (Å²) in [6.45, 7) is 0. The van der Waals surface area contributed by atoms with Crippen LogP contribution in [0.2, 0.25) is 0 Å². The van der Waals surface area contributed by atoms with Crippen molar-refractivity contribution in [2.45, 2.75) is 25.4 Å². The van der Waals surface area contributed by atoms with Crippen molar-refractivity contribution in [3.63, 3.8) is 0 Å². The smallest absolute Gasteiger partial charge is 0.392 e. The number of carbonyl (C=O) groups is 1. The van der Waals surface area contributed by atoms with Crippen molar-refractivity contribution in [1.82, 2.24) is 4.57 Å². The predicted molar refractivity (Wildman–Crippen MR) is 113 cm³/mol. The van der Waals surface area contributed by atoms with Crippen LogP contribution in [-0.4, -0.2) is 36.0 Å². The van der Waals surface area contributed by atoms with Crippen LogP contribution in [0.5, 0.6) is 11.5 Å². The molecule has 32 heavy (non-hydrogen) atoms. The maximum Gasteiger partial charge on any atom is 0.392 e. The molecule has 0 amide bonds. The Bertz CT molecular complexity index is 1170. The van der Waals surface area contributed by atoms with Gasteiger partial charge in [0.15, 0.2) is 11.5 Å². The Morgan fingerprint density at radius 1 is 1.06 bits per heavy atom. The molecule has 168 valence electrons. The van der Waals surface area contributed by atoms with Gasteiger partial charge in [-0.05, 0) is 67.3 Å². The molecule has 0 aliphatic heterocycles. The number of carboxylic acid groups (broad SMARTS) is 1. The fraction of sp³-hybridized carbons (Fsp3) is 0.292. The van der Waals surface area contributed by atoms with E-state index in [1.54, 1.807) is 36.4 Å². The highest BCUT2D eigenvalue weighted by atomic mass is 19.4. The Hall–Kier alpha value is -3.42. The highest BCUT2D eigenvalue weighted by molar-refractivity contribution is 5.88. The fourth-order valence-corrected chi connectivity index (χ4v) is 4.29. The molecule has 8 heteroatoms. The van der Waals surface area contributed by atoms with Crippen LogP contribution in [0.4, 0.5) is 13.2 Å². The molecule has 5 nitrogen and oxygen atoms in total. The molecular weight excluding hydrogens is 423 g/mol. The number of benzene rings is 2. The van der Waals surface area contributed by atoms with Gasteiger partial charge in [0, 0.05) is 16.9 Å². The number of fused-ring (bicyclic) bond motifs is 1. The van der Waals surface area contributed by atoms with Gasteiger partial charge in [0.05, 0.1) is 31.4 Å². The van der Waals surface area contributed by atoms with Crippen LogP contribution >= 0.6 is 0 Å². The van der Waals surface area contributed by atoms with Gasteiger partial charge in [-0.3, -0.25) is 0 Å². The number of hydrogen-bond donors (Lipinski definition) is 1. The van der Waals surface area contributed by atoms with Gasteiger partial charge in [-0.1, -0.05) is 6.07 Å². The molecule has 1 atom stereocenters. The minimum absolute atomic E-state index is 0.00942. The number of hydrogen-bond acceptors (Lipinski definition) is 3. The van der Waals surface area contributed by atoms with Crippen LogP contribution in [-0.2, 0) is 12.8 Å². The lowest BCUT2D eigenvalue weighted by molar-refractivity contribution is -0.177. The van der Waals surface area contributed by atoms with Crippen LogP contribution in [0.25, 0.3) is 16.9 Å². The highest BCUT2D eigenvalue weighted by Gasteiger charge is 2.42. The molecule has 0 radical (unpaired) electrons. The van der Waals surface area contributed by atoms with Crippen LogP contribution in [0, 0.1) is 5.92 Å². The van der Waals surface area contributed by atoms with E-state index in [0.717, 1.165) is 11.3 Å². The summed E-state index contributed by atoms with van der Waals surface area (Å²) in [7, 11) is 3.03. The zero-order valence-corrected chi connectivity index (χ0v) is 17.6. The Morgan fingerprint density at radius 2 is 1.81 bits per heavy atom. The van der Waals surface area contributed by atoms with Gasteiger partial charge in [0.2, 0.25) is 0 Å². The summed E-state index contributed by atoms with van der Waals surface area (Å²) in [5, 5.41) is 9.42. The van der Waals surface area contributed by atoms with Crippen molar-refractivity contribution in [3.05, 3.63) is 65.4 Å². The molecule has 0 bridgehead atoms. The van der Waals surface area contributed by atoms with Gasteiger partial charge in [-0.15, -0.1) is 0 Å². The number of aromatic nitrogens is 1. The Labute approximate surface area is 183 Å². The maximum absolute atomic E-state index is 13.4. The average molecular weight is 445 g/mol. The molecule has 1 aliphatic carbocycles. The van der Waals surface area contributed by atoms with Crippen molar-refractivity contribution >= 4 is 5.97 Å². The van der Waals surface area contributed by atoms with E-state index in [1.165, 1.54) is 26.4 Å². The SMILES string of the molecule is COc1ccc(-c2cc3c(n2-c2cccc(C(=O)O)c2)CCC(C(F)(F)F)C3)cc1OC. The van der Waals surface area contributed by atoms with Crippen molar-refractivity contribution in [3.8, 4) is 28.4 Å². The predicted octanol–water partition coefficient (Wildman–Crippen LogP) is 5.53. The van der Waals surface area contributed by atoms with Crippen molar-refractivity contribution in [2.24, 2.45) is 5.92 Å². The van der Waals surface area contributed by atoms with Crippen LogP contribution in [0.3, 0.4) is 0 Å². The molecule has 3 aromatic rings. The molecule has 1 unspecified atom stereocenters. The molecule has 0 fully saturated rings. The molecule has 1 aliphatic rings. The van der Waals surface area contributed by atoms with Crippen molar-refractivity contribution < 1.29 is 32.5 Å². The molecule has 0 saturated heterocycles. The second-order valence-electron chi connectivity index (χ2n) is 7.74. The summed E-state index contributed by atoms with van der Waals surface area (Å²) in [6, 6.07) is 13.5. The number of aromatic carboxylic acids is 1. The first-order valence-electron chi connectivity index (χ1n) is 10.1. The second kappa shape index (κ2) is 8.26. The number of methoxy groups -OCH3 is 2. The summed E-state index contributed by atoms with van der Waals surface area (Å²) < 4.78 is 52.8. The first kappa shape index (κ1) is 21.8. The maximum atomic E-state index is 13.4. The molecule has 0 saturated carbocycles. The van der Waals surface area contributed by atoms with Gasteiger partial charge in [-0.2, -0.15) is 13.2 Å². The van der Waals surface area contributed by atoms with Crippen LogP contribution in [0.15, 0.2) is 48.5 Å². The number of halogens is 3. The van der Waals surface area contributed by atoms with Gasteiger partial charge in [0.25, 0.3) is 0 Å². The summed E-state index contributed by atoms with van der Waals surface area (Å²) >= 11 is 0. The van der Waals surface area contributed by atoms with Gasteiger partial charge >= 0.3 is 12.1 Å². The van der Waals surface area contributed by atoms with Gasteiger partial charge in [0.1, 0.15) is 0 Å². The average Bonchev–Trinajstić information content (AvgIpc) is 3.16. The number of carboxylic acids is 1. The van der Waals surface area contributed by atoms with E-state index >= 15 is 0 Å². The van der Waals surface area contributed by atoms with E-state index in [2.05, 4.69) is 0 Å². The molecule has 1 N–H and O–H groups in total.